The molecule has 3 rings (SSSR count). The molecule has 0 aliphatic carbocycles. The molecule has 9 heteroatoms. The first-order valence-electron chi connectivity index (χ1n) is 5.86. The van der Waals surface area contributed by atoms with Crippen molar-refractivity contribution in [2.45, 2.75) is 4.90 Å². The lowest BCUT2D eigenvalue weighted by Crippen LogP contribution is -2.37. The molecule has 1 aromatic rings. The third kappa shape index (κ3) is 2.50. The molecular weight excluding hydrogens is 316 g/mol. The molecule has 0 spiro atoms. The van der Waals surface area contributed by atoms with Gasteiger partial charge < -0.3 is 4.18 Å². The number of hydrogen-bond acceptors (Lipinski definition) is 6. The van der Waals surface area contributed by atoms with E-state index in [2.05, 4.69) is 4.99 Å². The lowest BCUT2D eigenvalue weighted by molar-refractivity contribution is 0.485. The summed E-state index contributed by atoms with van der Waals surface area (Å²) in [6.07, 6.45) is 5.53. The van der Waals surface area contributed by atoms with Crippen LogP contribution in [0.25, 0.3) is 6.08 Å². The molecule has 0 atom stereocenters. The molecule has 1 radical (unpaired) electrons. The second-order valence-corrected chi connectivity index (χ2v) is 7.56. The van der Waals surface area contributed by atoms with E-state index in [1.54, 1.807) is 12.1 Å². The smallest absolute Gasteiger partial charge is 0.377 e. The van der Waals surface area contributed by atoms with E-state index >= 15 is 0 Å². The average Bonchev–Trinajstić information content (AvgIpc) is 2.46. The van der Waals surface area contributed by atoms with Crippen LogP contribution in [0.1, 0.15) is 5.56 Å². The van der Waals surface area contributed by atoms with Gasteiger partial charge in [0.2, 0.25) is 0 Å². The predicted molar refractivity (Wildman–Crippen MR) is 76.8 cm³/mol. The second-order valence-electron chi connectivity index (χ2n) is 4.28. The van der Waals surface area contributed by atoms with E-state index < -0.39 is 20.1 Å². The van der Waals surface area contributed by atoms with Crippen LogP contribution in [-0.4, -0.2) is 29.7 Å². The van der Waals surface area contributed by atoms with E-state index in [0.717, 1.165) is 9.71 Å². The summed E-state index contributed by atoms with van der Waals surface area (Å²) in [5, 5.41) is 0.886. The molecular formula is C12H10N2O5S2+. The Balaban J connectivity index is 2.15. The molecule has 7 nitrogen and oxygen atoms in total. The highest BCUT2D eigenvalue weighted by Gasteiger charge is 2.38. The number of aliphatic imine (C=N–C) groups is 1. The number of benzene rings is 1. The number of nitrogens with zero attached hydrogens (tertiary/aromatic N) is 2. The van der Waals surface area contributed by atoms with Crippen LogP contribution in [0.15, 0.2) is 45.8 Å². The molecule has 0 saturated heterocycles. The van der Waals surface area contributed by atoms with Gasteiger partial charge in [0.05, 0.1) is 5.41 Å². The highest BCUT2D eigenvalue weighted by Crippen LogP contribution is 2.34. The molecule has 0 unspecified atom stereocenters. The minimum Gasteiger partial charge on any atom is -0.377 e. The van der Waals surface area contributed by atoms with E-state index in [-0.39, 0.29) is 17.2 Å². The van der Waals surface area contributed by atoms with Gasteiger partial charge in [-0.2, -0.15) is 16.8 Å². The fraction of sp³-hybridized carbons (Fsp3) is 0.0833. The lowest BCUT2D eigenvalue weighted by atomic mass is 10.2. The maximum absolute atomic E-state index is 12.6. The number of para-hydroxylation sites is 1. The third-order valence-corrected chi connectivity index (χ3v) is 5.49. The third-order valence-electron chi connectivity index (χ3n) is 2.88. The Bertz CT molecular complexity index is 882. The number of hydrogen-bond donors (Lipinski definition) is 0. The van der Waals surface area contributed by atoms with Crippen molar-refractivity contribution >= 4 is 32.6 Å². The lowest BCUT2D eigenvalue weighted by Gasteiger charge is -2.15. The van der Waals surface area contributed by atoms with Crippen molar-refractivity contribution in [2.75, 3.05) is 6.54 Å². The van der Waals surface area contributed by atoms with Gasteiger partial charge in [0, 0.05) is 16.1 Å². The van der Waals surface area contributed by atoms with Crippen molar-refractivity contribution in [3.8, 4) is 5.75 Å². The zero-order valence-corrected chi connectivity index (χ0v) is 12.2. The van der Waals surface area contributed by atoms with E-state index in [0.29, 0.717) is 5.56 Å². The van der Waals surface area contributed by atoms with Gasteiger partial charge in [-0.3, -0.25) is 0 Å². The van der Waals surface area contributed by atoms with Crippen LogP contribution in [0.2, 0.25) is 0 Å². The maximum atomic E-state index is 12.6. The van der Waals surface area contributed by atoms with Crippen LogP contribution in [0, 0.1) is 0 Å². The molecule has 0 aromatic heterocycles. The summed E-state index contributed by atoms with van der Waals surface area (Å²) < 4.78 is 54.0. The zero-order chi connectivity index (χ0) is 15.1. The van der Waals surface area contributed by atoms with Crippen LogP contribution in [0.5, 0.6) is 5.75 Å². The first kappa shape index (κ1) is 14.0. The topological polar surface area (TPSA) is 95.8 Å². The maximum Gasteiger partial charge on any atom is 0.382 e. The van der Waals surface area contributed by atoms with E-state index in [1.807, 2.05) is 0 Å². The Morgan fingerprint density at radius 2 is 2.10 bits per heavy atom. The van der Waals surface area contributed by atoms with Gasteiger partial charge >= 0.3 is 20.1 Å². The molecule has 109 valence electrons. The van der Waals surface area contributed by atoms with Gasteiger partial charge in [0.1, 0.15) is 0 Å². The Morgan fingerprint density at radius 3 is 2.81 bits per heavy atom. The van der Waals surface area contributed by atoms with Crippen molar-refractivity contribution in [1.29, 1.82) is 0 Å². The fourth-order valence-corrected chi connectivity index (χ4v) is 4.11. The normalized spacial score (nSPS) is 20.0. The van der Waals surface area contributed by atoms with Gasteiger partial charge in [0.25, 0.3) is 6.34 Å². The quantitative estimate of drug-likeness (QED) is 0.591. The minimum absolute atomic E-state index is 0.123. The summed E-state index contributed by atoms with van der Waals surface area (Å²) in [5.74, 6) is -0.192. The summed E-state index contributed by atoms with van der Waals surface area (Å²) in [5.41, 5.74) is 0.385. The first-order valence-corrected chi connectivity index (χ1v) is 8.77. The summed E-state index contributed by atoms with van der Waals surface area (Å²) >= 11 is 0. The first-order chi connectivity index (χ1) is 9.90. The molecule has 0 saturated carbocycles. The monoisotopic (exact) mass is 326 g/mol. The number of sulfonamides is 1. The van der Waals surface area contributed by atoms with Crippen molar-refractivity contribution in [3.05, 3.63) is 41.4 Å². The van der Waals surface area contributed by atoms with Gasteiger partial charge in [-0.25, -0.2) is 4.99 Å². The molecule has 0 N–H and O–H groups in total. The van der Waals surface area contributed by atoms with E-state index in [1.165, 1.54) is 30.7 Å². The Kier molecular flexibility index (Phi) is 3.19. The fourth-order valence-electron chi connectivity index (χ4n) is 1.92. The van der Waals surface area contributed by atoms with Crippen LogP contribution >= 0.6 is 0 Å². The van der Waals surface area contributed by atoms with E-state index in [4.69, 9.17) is 4.18 Å². The summed E-state index contributed by atoms with van der Waals surface area (Å²) in [6.45, 7) is 0.123. The molecule has 2 heterocycles. The SMILES string of the molecule is O=S1(=O)C=Cc2cccc(S(=O)(=O)[N+]3C=NC=CC3)c2O1. The molecule has 21 heavy (non-hydrogen) atoms. The highest BCUT2D eigenvalue weighted by atomic mass is 32.2. The molecule has 1 aromatic carbocycles. The van der Waals surface area contributed by atoms with Crippen LogP contribution in [0.3, 0.4) is 0 Å². The molecule has 0 bridgehead atoms. The van der Waals surface area contributed by atoms with Crippen molar-refractivity contribution in [3.63, 3.8) is 0 Å². The van der Waals surface area contributed by atoms with Gasteiger partial charge in [-0.15, -0.1) is 0 Å². The highest BCUT2D eigenvalue weighted by molar-refractivity contribution is 7.91. The van der Waals surface area contributed by atoms with Gasteiger partial charge in [-0.05, 0) is 18.2 Å². The van der Waals surface area contributed by atoms with Gasteiger partial charge in [0.15, 0.2) is 17.2 Å². The number of fused-ring (bicyclic) bond motifs is 1. The molecule has 2 aliphatic heterocycles. The predicted octanol–water partition coefficient (Wildman–Crippen LogP) is 0.764. The second kappa shape index (κ2) is 4.79. The summed E-state index contributed by atoms with van der Waals surface area (Å²) in [6, 6.07) is 4.40. The molecule has 2 aliphatic rings. The summed E-state index contributed by atoms with van der Waals surface area (Å²) in [7, 11) is -7.87. The average molecular weight is 326 g/mol. The van der Waals surface area contributed by atoms with Crippen LogP contribution < -0.4 is 8.49 Å². The largest absolute Gasteiger partial charge is 0.382 e. The molecule has 0 fully saturated rings. The Labute approximate surface area is 122 Å². The van der Waals surface area contributed by atoms with Crippen LogP contribution in [-0.2, 0) is 20.1 Å². The van der Waals surface area contributed by atoms with E-state index in [9.17, 15) is 16.8 Å². The number of rotatable bonds is 2. The van der Waals surface area contributed by atoms with Crippen molar-refractivity contribution in [1.82, 2.24) is 4.31 Å². The Hall–Kier alpha value is -1.97. The van der Waals surface area contributed by atoms with Crippen molar-refractivity contribution in [2.24, 2.45) is 4.99 Å². The van der Waals surface area contributed by atoms with Crippen molar-refractivity contribution < 1.29 is 21.0 Å². The zero-order valence-electron chi connectivity index (χ0n) is 10.6. The minimum atomic E-state index is -3.94. The molecule has 0 amide bonds. The standard InChI is InChI=1S/C12H10N2O5S2/c15-20(16)8-5-10-3-1-4-11(12(10)19-20)21(17,18)14-7-2-6-13-9-14/h1-6,8-9H,7H2/q+1. The van der Waals surface area contributed by atoms with Gasteiger partial charge in [-0.1, -0.05) is 12.1 Å². The summed E-state index contributed by atoms with van der Waals surface area (Å²) in [4.78, 5) is 3.55. The Morgan fingerprint density at radius 1 is 1.29 bits per heavy atom. The van der Waals surface area contributed by atoms with Crippen LogP contribution in [0.4, 0.5) is 0 Å².